The Morgan fingerprint density at radius 1 is 1.19 bits per heavy atom. The molecule has 1 N–H and O–H groups in total. The van der Waals surface area contributed by atoms with Crippen molar-refractivity contribution in [1.82, 2.24) is 15.3 Å². The Morgan fingerprint density at radius 3 is 2.62 bits per heavy atom. The van der Waals surface area contributed by atoms with Gasteiger partial charge in [-0.1, -0.05) is 37.3 Å². The molecule has 2 aromatic rings. The molecule has 0 saturated carbocycles. The number of rotatable bonds is 4. The van der Waals surface area contributed by atoms with Gasteiger partial charge in [0.2, 0.25) is 0 Å². The largest absolute Gasteiger partial charge is 0.305 e. The molecule has 1 heterocycles. The molecule has 0 aliphatic carbocycles. The molecule has 82 valence electrons. The first-order valence-corrected chi connectivity index (χ1v) is 5.46. The van der Waals surface area contributed by atoms with Crippen LogP contribution in [-0.2, 0) is 0 Å². The van der Waals surface area contributed by atoms with E-state index < -0.39 is 0 Å². The molecule has 3 nitrogen and oxygen atoms in total. The van der Waals surface area contributed by atoms with E-state index in [-0.39, 0.29) is 6.04 Å². The van der Waals surface area contributed by atoms with Crippen LogP contribution in [0.5, 0.6) is 0 Å². The average Bonchev–Trinajstić information content (AvgIpc) is 2.38. The first kappa shape index (κ1) is 10.8. The van der Waals surface area contributed by atoms with E-state index in [9.17, 15) is 0 Å². The van der Waals surface area contributed by atoms with Gasteiger partial charge in [0.05, 0.1) is 17.9 Å². The first-order chi connectivity index (χ1) is 7.92. The smallest absolute Gasteiger partial charge is 0.0801 e. The lowest BCUT2D eigenvalue weighted by molar-refractivity contribution is 0.613. The average molecular weight is 213 g/mol. The highest BCUT2D eigenvalue weighted by atomic mass is 14.9. The van der Waals surface area contributed by atoms with E-state index in [0.29, 0.717) is 0 Å². The van der Waals surface area contributed by atoms with Crippen LogP contribution in [0.1, 0.15) is 24.2 Å². The second kappa shape index (κ2) is 5.37. The van der Waals surface area contributed by atoms with Crippen molar-refractivity contribution in [3.8, 4) is 0 Å². The van der Waals surface area contributed by atoms with Crippen LogP contribution < -0.4 is 5.32 Å². The number of hydrogen-bond acceptors (Lipinski definition) is 3. The molecule has 3 heteroatoms. The van der Waals surface area contributed by atoms with Crippen molar-refractivity contribution in [3.05, 3.63) is 60.2 Å². The van der Waals surface area contributed by atoms with Crippen molar-refractivity contribution in [1.29, 1.82) is 0 Å². The minimum absolute atomic E-state index is 0.125. The van der Waals surface area contributed by atoms with E-state index in [4.69, 9.17) is 0 Å². The maximum Gasteiger partial charge on any atom is 0.0801 e. The predicted octanol–water partition coefficient (Wildman–Crippen LogP) is 2.18. The summed E-state index contributed by atoms with van der Waals surface area (Å²) in [5.41, 5.74) is 2.17. The quantitative estimate of drug-likeness (QED) is 0.845. The highest BCUT2D eigenvalue weighted by Crippen LogP contribution is 2.18. The van der Waals surface area contributed by atoms with Crippen molar-refractivity contribution in [3.63, 3.8) is 0 Å². The van der Waals surface area contributed by atoms with Crippen LogP contribution in [0.25, 0.3) is 0 Å². The fourth-order valence-electron chi connectivity index (χ4n) is 1.70. The lowest BCUT2D eigenvalue weighted by atomic mass is 10.0. The summed E-state index contributed by atoms with van der Waals surface area (Å²) >= 11 is 0. The van der Waals surface area contributed by atoms with Gasteiger partial charge < -0.3 is 5.32 Å². The van der Waals surface area contributed by atoms with Gasteiger partial charge in [-0.15, -0.1) is 0 Å². The van der Waals surface area contributed by atoms with Gasteiger partial charge in [0, 0.05) is 12.4 Å². The Hall–Kier alpha value is -1.74. The topological polar surface area (TPSA) is 37.8 Å². The summed E-state index contributed by atoms with van der Waals surface area (Å²) in [6.07, 6.45) is 5.22. The molecule has 0 aliphatic rings. The van der Waals surface area contributed by atoms with E-state index in [1.165, 1.54) is 5.56 Å². The van der Waals surface area contributed by atoms with Crippen molar-refractivity contribution >= 4 is 0 Å². The number of benzene rings is 1. The van der Waals surface area contributed by atoms with Crippen molar-refractivity contribution < 1.29 is 0 Å². The van der Waals surface area contributed by atoms with Gasteiger partial charge in [-0.05, 0) is 12.1 Å². The second-order valence-corrected chi connectivity index (χ2v) is 3.53. The van der Waals surface area contributed by atoms with Crippen LogP contribution in [0.2, 0.25) is 0 Å². The molecule has 1 aromatic heterocycles. The number of hydrogen-bond donors (Lipinski definition) is 1. The molecule has 0 bridgehead atoms. The molecule has 0 fully saturated rings. The normalized spacial score (nSPS) is 12.3. The maximum absolute atomic E-state index is 4.35. The predicted molar refractivity (Wildman–Crippen MR) is 64.0 cm³/mol. The Balaban J connectivity index is 2.31. The van der Waals surface area contributed by atoms with Gasteiger partial charge in [0.25, 0.3) is 0 Å². The molecule has 0 radical (unpaired) electrons. The van der Waals surface area contributed by atoms with Crippen LogP contribution in [-0.4, -0.2) is 16.5 Å². The third-order valence-electron chi connectivity index (χ3n) is 2.42. The molecule has 1 aromatic carbocycles. The second-order valence-electron chi connectivity index (χ2n) is 3.53. The van der Waals surface area contributed by atoms with Crippen molar-refractivity contribution in [2.24, 2.45) is 0 Å². The van der Waals surface area contributed by atoms with Gasteiger partial charge in [-0.2, -0.15) is 0 Å². The van der Waals surface area contributed by atoms with E-state index >= 15 is 0 Å². The third kappa shape index (κ3) is 2.44. The molecule has 16 heavy (non-hydrogen) atoms. The zero-order chi connectivity index (χ0) is 11.2. The van der Waals surface area contributed by atoms with Crippen LogP contribution in [0.15, 0.2) is 48.9 Å². The third-order valence-corrected chi connectivity index (χ3v) is 2.42. The fourth-order valence-corrected chi connectivity index (χ4v) is 1.70. The Bertz CT molecular complexity index is 374. The highest BCUT2D eigenvalue weighted by Gasteiger charge is 2.13. The molecule has 0 saturated heterocycles. The lowest BCUT2D eigenvalue weighted by Gasteiger charge is -2.17. The summed E-state index contributed by atoms with van der Waals surface area (Å²) < 4.78 is 0. The SMILES string of the molecule is CCNC(c1ccccc1)c1cnccn1. The minimum atomic E-state index is 0.125. The molecule has 1 atom stereocenters. The van der Waals surface area contributed by atoms with Crippen molar-refractivity contribution in [2.45, 2.75) is 13.0 Å². The minimum Gasteiger partial charge on any atom is -0.305 e. The lowest BCUT2D eigenvalue weighted by Crippen LogP contribution is -2.22. The fraction of sp³-hybridized carbons (Fsp3) is 0.231. The van der Waals surface area contributed by atoms with E-state index in [2.05, 4.69) is 34.3 Å². The Kier molecular flexibility index (Phi) is 3.62. The number of nitrogens with one attached hydrogen (secondary N) is 1. The summed E-state index contributed by atoms with van der Waals surface area (Å²) in [6.45, 7) is 2.99. The van der Waals surface area contributed by atoms with Gasteiger partial charge >= 0.3 is 0 Å². The summed E-state index contributed by atoms with van der Waals surface area (Å²) in [5.74, 6) is 0. The molecule has 1 unspecified atom stereocenters. The Labute approximate surface area is 95.6 Å². The molecule has 0 spiro atoms. The number of aromatic nitrogens is 2. The Morgan fingerprint density at radius 2 is 2.00 bits per heavy atom. The van der Waals surface area contributed by atoms with Gasteiger partial charge in [0.1, 0.15) is 0 Å². The summed E-state index contributed by atoms with van der Waals surface area (Å²) in [7, 11) is 0. The van der Waals surface area contributed by atoms with E-state index in [1.54, 1.807) is 18.6 Å². The van der Waals surface area contributed by atoms with Crippen LogP contribution in [0.3, 0.4) is 0 Å². The van der Waals surface area contributed by atoms with Crippen LogP contribution in [0, 0.1) is 0 Å². The molecule has 2 rings (SSSR count). The summed E-state index contributed by atoms with van der Waals surface area (Å²) in [4.78, 5) is 8.46. The van der Waals surface area contributed by atoms with E-state index in [1.807, 2.05) is 18.2 Å². The monoisotopic (exact) mass is 213 g/mol. The molecular weight excluding hydrogens is 198 g/mol. The summed E-state index contributed by atoms with van der Waals surface area (Å²) in [6, 6.07) is 10.4. The zero-order valence-electron chi connectivity index (χ0n) is 9.30. The number of nitrogens with zero attached hydrogens (tertiary/aromatic N) is 2. The van der Waals surface area contributed by atoms with Crippen LogP contribution in [0.4, 0.5) is 0 Å². The van der Waals surface area contributed by atoms with Gasteiger partial charge in [-0.3, -0.25) is 9.97 Å². The molecule has 0 aliphatic heterocycles. The van der Waals surface area contributed by atoms with Gasteiger partial charge in [-0.25, -0.2) is 0 Å². The highest BCUT2D eigenvalue weighted by molar-refractivity contribution is 5.26. The van der Waals surface area contributed by atoms with Gasteiger partial charge in [0.15, 0.2) is 0 Å². The molecule has 0 amide bonds. The first-order valence-electron chi connectivity index (χ1n) is 5.46. The summed E-state index contributed by atoms with van der Waals surface area (Å²) in [5, 5.41) is 3.41. The zero-order valence-corrected chi connectivity index (χ0v) is 9.30. The van der Waals surface area contributed by atoms with Crippen molar-refractivity contribution in [2.75, 3.05) is 6.54 Å². The standard InChI is InChI=1S/C13H15N3/c1-2-15-13(11-6-4-3-5-7-11)12-10-14-8-9-16-12/h3-10,13,15H,2H2,1H3. The maximum atomic E-state index is 4.35. The molecular formula is C13H15N3. The van der Waals surface area contributed by atoms with E-state index in [0.717, 1.165) is 12.2 Å². The van der Waals surface area contributed by atoms with Crippen LogP contribution >= 0.6 is 0 Å².